The quantitative estimate of drug-likeness (QED) is 0.805. The second kappa shape index (κ2) is 7.28. The average Bonchev–Trinajstić information content (AvgIpc) is 2.27. The van der Waals surface area contributed by atoms with E-state index in [0.29, 0.717) is 30.2 Å². The van der Waals surface area contributed by atoms with Crippen molar-refractivity contribution in [2.75, 3.05) is 0 Å². The third-order valence-electron chi connectivity index (χ3n) is 4.65. The third kappa shape index (κ3) is 5.13. The number of nitrogens with one attached hydrogen (secondary N) is 1. The second-order valence-electron chi connectivity index (χ2n) is 7.11. The zero-order valence-electron chi connectivity index (χ0n) is 13.3. The van der Waals surface area contributed by atoms with Gasteiger partial charge in [0.05, 0.1) is 0 Å². The van der Waals surface area contributed by atoms with Crippen LogP contribution < -0.4 is 11.1 Å². The Balaban J connectivity index is 2.54. The Morgan fingerprint density at radius 3 is 2.42 bits per heavy atom. The van der Waals surface area contributed by atoms with Crippen LogP contribution in [-0.2, 0) is 4.79 Å². The van der Waals surface area contributed by atoms with Crippen molar-refractivity contribution < 1.29 is 4.79 Å². The molecule has 4 atom stereocenters. The molecular formula is C16H32N2O. The molecule has 1 amide bonds. The van der Waals surface area contributed by atoms with Gasteiger partial charge in [0.25, 0.3) is 0 Å². The van der Waals surface area contributed by atoms with E-state index in [9.17, 15) is 4.79 Å². The number of hydrogen-bond acceptors (Lipinski definition) is 2. The lowest BCUT2D eigenvalue weighted by Crippen LogP contribution is -2.47. The van der Waals surface area contributed by atoms with Gasteiger partial charge >= 0.3 is 0 Å². The summed E-state index contributed by atoms with van der Waals surface area (Å²) >= 11 is 0. The monoisotopic (exact) mass is 268 g/mol. The van der Waals surface area contributed by atoms with Gasteiger partial charge < -0.3 is 11.1 Å². The normalized spacial score (nSPS) is 29.6. The van der Waals surface area contributed by atoms with Crippen molar-refractivity contribution in [3.63, 3.8) is 0 Å². The van der Waals surface area contributed by atoms with Gasteiger partial charge in [-0.3, -0.25) is 4.79 Å². The van der Waals surface area contributed by atoms with Gasteiger partial charge in [-0.2, -0.15) is 0 Å². The van der Waals surface area contributed by atoms with Gasteiger partial charge in [-0.1, -0.05) is 41.0 Å². The first kappa shape index (κ1) is 16.5. The molecule has 0 aliphatic heterocycles. The summed E-state index contributed by atoms with van der Waals surface area (Å²) in [5.41, 5.74) is 5.98. The highest BCUT2D eigenvalue weighted by molar-refractivity contribution is 5.77. The number of nitrogens with two attached hydrogens (primary N) is 1. The number of amides is 1. The molecule has 1 fully saturated rings. The van der Waals surface area contributed by atoms with Gasteiger partial charge in [-0.05, 0) is 36.5 Å². The van der Waals surface area contributed by atoms with Crippen LogP contribution in [0.3, 0.4) is 0 Å². The van der Waals surface area contributed by atoms with E-state index in [1.54, 1.807) is 0 Å². The number of carbonyl (C=O) groups is 1. The summed E-state index contributed by atoms with van der Waals surface area (Å²) in [7, 11) is 0. The lowest BCUT2D eigenvalue weighted by atomic mass is 9.74. The molecule has 1 rings (SSSR count). The molecular weight excluding hydrogens is 236 g/mol. The van der Waals surface area contributed by atoms with E-state index in [-0.39, 0.29) is 11.9 Å². The summed E-state index contributed by atoms with van der Waals surface area (Å²) in [6, 6.07) is 0.314. The van der Waals surface area contributed by atoms with Crippen LogP contribution in [0, 0.1) is 23.7 Å². The summed E-state index contributed by atoms with van der Waals surface area (Å²) in [6.45, 7) is 10.9. The van der Waals surface area contributed by atoms with Crippen LogP contribution >= 0.6 is 0 Å². The fraction of sp³-hybridized carbons (Fsp3) is 0.938. The maximum atomic E-state index is 12.1. The molecule has 0 radical (unpaired) electrons. The van der Waals surface area contributed by atoms with Crippen molar-refractivity contribution in [1.82, 2.24) is 5.32 Å². The second-order valence-corrected chi connectivity index (χ2v) is 7.11. The minimum Gasteiger partial charge on any atom is -0.353 e. The Kier molecular flexibility index (Phi) is 6.31. The van der Waals surface area contributed by atoms with E-state index >= 15 is 0 Å². The SMILES string of the molecule is CC1CCC(C(C)C)C(NC(=O)CC(N)C(C)C)C1. The lowest BCUT2D eigenvalue weighted by Gasteiger charge is -2.38. The maximum Gasteiger partial charge on any atom is 0.221 e. The predicted octanol–water partition coefficient (Wildman–Crippen LogP) is 2.94. The molecule has 0 aromatic carbocycles. The molecule has 112 valence electrons. The van der Waals surface area contributed by atoms with E-state index < -0.39 is 0 Å². The molecule has 3 heteroatoms. The van der Waals surface area contributed by atoms with Gasteiger partial charge in [0.15, 0.2) is 0 Å². The molecule has 1 saturated carbocycles. The van der Waals surface area contributed by atoms with Gasteiger partial charge in [0.1, 0.15) is 0 Å². The van der Waals surface area contributed by atoms with Crippen molar-refractivity contribution in [3.8, 4) is 0 Å². The topological polar surface area (TPSA) is 55.1 Å². The summed E-state index contributed by atoms with van der Waals surface area (Å²) in [5, 5.41) is 3.25. The van der Waals surface area contributed by atoms with Gasteiger partial charge in [-0.25, -0.2) is 0 Å². The fourth-order valence-electron chi connectivity index (χ4n) is 3.08. The van der Waals surface area contributed by atoms with Crippen molar-refractivity contribution in [2.24, 2.45) is 29.4 Å². The Labute approximate surface area is 118 Å². The van der Waals surface area contributed by atoms with E-state index in [1.807, 2.05) is 0 Å². The fourth-order valence-corrected chi connectivity index (χ4v) is 3.08. The molecule has 0 saturated heterocycles. The Morgan fingerprint density at radius 1 is 1.26 bits per heavy atom. The van der Waals surface area contributed by atoms with E-state index in [4.69, 9.17) is 5.73 Å². The number of carbonyl (C=O) groups excluding carboxylic acids is 1. The van der Waals surface area contributed by atoms with Crippen LogP contribution in [0.5, 0.6) is 0 Å². The zero-order valence-corrected chi connectivity index (χ0v) is 13.3. The maximum absolute atomic E-state index is 12.1. The highest BCUT2D eigenvalue weighted by Crippen LogP contribution is 2.33. The highest BCUT2D eigenvalue weighted by atomic mass is 16.1. The summed E-state index contributed by atoms with van der Waals surface area (Å²) < 4.78 is 0. The lowest BCUT2D eigenvalue weighted by molar-refractivity contribution is -0.123. The molecule has 4 unspecified atom stereocenters. The van der Waals surface area contributed by atoms with Crippen molar-refractivity contribution in [1.29, 1.82) is 0 Å². The molecule has 19 heavy (non-hydrogen) atoms. The van der Waals surface area contributed by atoms with E-state index in [2.05, 4.69) is 39.9 Å². The van der Waals surface area contributed by atoms with Gasteiger partial charge in [0, 0.05) is 18.5 Å². The number of hydrogen-bond donors (Lipinski definition) is 2. The molecule has 0 heterocycles. The summed E-state index contributed by atoms with van der Waals surface area (Å²) in [6.07, 6.45) is 4.10. The summed E-state index contributed by atoms with van der Waals surface area (Å²) in [4.78, 5) is 12.1. The minimum absolute atomic E-state index is 0.0292. The molecule has 1 aliphatic rings. The average molecular weight is 268 g/mol. The first-order chi connectivity index (χ1) is 8.81. The van der Waals surface area contributed by atoms with Crippen LogP contribution in [0.2, 0.25) is 0 Å². The molecule has 0 spiro atoms. The molecule has 0 aromatic heterocycles. The third-order valence-corrected chi connectivity index (χ3v) is 4.65. The predicted molar refractivity (Wildman–Crippen MR) is 80.7 cm³/mol. The van der Waals surface area contributed by atoms with E-state index in [1.165, 1.54) is 12.8 Å². The van der Waals surface area contributed by atoms with Crippen LogP contribution in [-0.4, -0.2) is 18.0 Å². The standard InChI is InChI=1S/C16H32N2O/c1-10(2)13-7-6-12(5)8-15(13)18-16(19)9-14(17)11(3)4/h10-15H,6-9,17H2,1-5H3,(H,18,19). The Morgan fingerprint density at radius 2 is 1.89 bits per heavy atom. The van der Waals surface area contributed by atoms with E-state index in [0.717, 1.165) is 12.3 Å². The molecule has 3 nitrogen and oxygen atoms in total. The Hall–Kier alpha value is -0.570. The van der Waals surface area contributed by atoms with Crippen LogP contribution in [0.15, 0.2) is 0 Å². The summed E-state index contributed by atoms with van der Waals surface area (Å²) in [5.74, 6) is 2.47. The molecule has 0 bridgehead atoms. The molecule has 1 aliphatic carbocycles. The van der Waals surface area contributed by atoms with Crippen LogP contribution in [0.4, 0.5) is 0 Å². The van der Waals surface area contributed by atoms with Crippen molar-refractivity contribution in [2.45, 2.75) is 72.4 Å². The largest absolute Gasteiger partial charge is 0.353 e. The minimum atomic E-state index is -0.0292. The number of rotatable bonds is 5. The Bertz CT molecular complexity index is 288. The van der Waals surface area contributed by atoms with Gasteiger partial charge in [0.2, 0.25) is 5.91 Å². The van der Waals surface area contributed by atoms with Crippen molar-refractivity contribution in [3.05, 3.63) is 0 Å². The van der Waals surface area contributed by atoms with Gasteiger partial charge in [-0.15, -0.1) is 0 Å². The van der Waals surface area contributed by atoms with Crippen molar-refractivity contribution >= 4 is 5.91 Å². The van der Waals surface area contributed by atoms with Crippen LogP contribution in [0.25, 0.3) is 0 Å². The highest BCUT2D eigenvalue weighted by Gasteiger charge is 2.31. The van der Waals surface area contributed by atoms with Crippen LogP contribution in [0.1, 0.15) is 60.3 Å². The smallest absolute Gasteiger partial charge is 0.221 e. The molecule has 3 N–H and O–H groups in total. The zero-order chi connectivity index (χ0) is 14.6. The first-order valence-electron chi connectivity index (χ1n) is 7.86. The molecule has 0 aromatic rings. The first-order valence-corrected chi connectivity index (χ1v) is 7.86.